The Bertz CT molecular complexity index is 3590. The van der Waals surface area contributed by atoms with Gasteiger partial charge >= 0.3 is 0 Å². The molecule has 6 heterocycles. The third-order valence-corrected chi connectivity index (χ3v) is 15.4. The predicted octanol–water partition coefficient (Wildman–Crippen LogP) is 11.5. The van der Waals surface area contributed by atoms with Crippen LogP contribution < -0.4 is 20.9 Å². The van der Waals surface area contributed by atoms with Gasteiger partial charge in [0.2, 0.25) is 0 Å². The van der Waals surface area contributed by atoms with Gasteiger partial charge in [-0.05, 0) is 126 Å². The molecule has 4 aromatic heterocycles. The predicted molar refractivity (Wildman–Crippen MR) is 299 cm³/mol. The molecule has 2 amide bonds. The lowest BCUT2D eigenvalue weighted by Crippen LogP contribution is -2.39. The fraction of sp³-hybridized carbons (Fsp3) is 0.290. The van der Waals surface area contributed by atoms with Gasteiger partial charge in [0.05, 0.1) is 22.9 Å². The maximum Gasteiger partial charge on any atom is 0.264 e. The van der Waals surface area contributed by atoms with Crippen molar-refractivity contribution in [3.8, 4) is 57.4 Å². The summed E-state index contributed by atoms with van der Waals surface area (Å²) in [5.74, 6) is 1.80. The van der Waals surface area contributed by atoms with E-state index in [1.54, 1.807) is 58.3 Å². The highest BCUT2D eigenvalue weighted by Gasteiger charge is 2.36. The van der Waals surface area contributed by atoms with Gasteiger partial charge in [0, 0.05) is 72.0 Å². The number of amides is 2. The minimum absolute atomic E-state index is 0.131. The van der Waals surface area contributed by atoms with E-state index in [9.17, 15) is 20.1 Å². The Balaban J connectivity index is 0.000000169. The molecule has 8 aromatic rings. The van der Waals surface area contributed by atoms with Crippen molar-refractivity contribution in [3.63, 3.8) is 0 Å². The normalized spacial score (nSPS) is 17.3. The van der Waals surface area contributed by atoms with Crippen LogP contribution in [0.25, 0.3) is 44.3 Å². The molecule has 16 nitrogen and oxygen atoms in total. The molecule has 4 N–H and O–H groups in total. The summed E-state index contributed by atoms with van der Waals surface area (Å²) in [6.45, 7) is 5.88. The SMILES string of the molecule is Cc1c(-c2ccc(Oc3ccccc3)cc2F)c2c(N)ncnc2n1C[C@@H]1CCCN1C(=O)C(C#N)=CC1CC1.Cc1c(-c2ccc(Oc3ccccc3)cc2F)c2c(N)ncnc2n1C[C@H]1CCCN1C(=O)C(C#N)=CC1CC1. The van der Waals surface area contributed by atoms with Gasteiger partial charge in [-0.15, -0.1) is 0 Å². The first-order chi connectivity index (χ1) is 38.9. The molecule has 2 atom stereocenters. The molecule has 4 aliphatic rings. The molecule has 0 spiro atoms. The number of allylic oxidation sites excluding steroid dienone is 2. The summed E-state index contributed by atoms with van der Waals surface area (Å²) in [6, 6.07) is 31.9. The molecule has 80 heavy (non-hydrogen) atoms. The molecule has 0 bridgehead atoms. The first kappa shape index (κ1) is 52.6. The average molecular weight is 1070 g/mol. The summed E-state index contributed by atoms with van der Waals surface area (Å²) >= 11 is 0. The van der Waals surface area contributed by atoms with Crippen molar-refractivity contribution >= 4 is 45.5 Å². The second-order valence-corrected chi connectivity index (χ2v) is 20.8. The number of benzene rings is 4. The quantitative estimate of drug-likeness (QED) is 0.0767. The minimum atomic E-state index is -0.458. The molecule has 404 valence electrons. The molecular weight excluding hydrogens is 1010 g/mol. The van der Waals surface area contributed by atoms with Gasteiger partial charge in [-0.1, -0.05) is 48.6 Å². The van der Waals surface area contributed by atoms with Gasteiger partial charge < -0.3 is 39.9 Å². The first-order valence-electron chi connectivity index (χ1n) is 27.0. The monoisotopic (exact) mass is 1070 g/mol. The number of anilines is 2. The molecule has 2 aliphatic carbocycles. The number of para-hydroxylation sites is 2. The third kappa shape index (κ3) is 10.8. The largest absolute Gasteiger partial charge is 0.457 e. The standard InChI is InChI=1S/2C31H29FN6O2/c2*1-19-27(25-12-11-24(15-26(25)32)40-23-7-3-2-4-8-23)28-29(34)35-18-36-30(28)38(19)17-22-6-5-13-37(22)31(39)21(16-33)14-20-9-10-20/h2*2-4,7-8,11-12,14-15,18,20,22H,5-6,9-10,13,17H2,1H3,(H2,34,35,36)/t2*22-/m10/s1. The molecule has 2 saturated heterocycles. The molecule has 2 aliphatic heterocycles. The van der Waals surface area contributed by atoms with Gasteiger partial charge in [0.15, 0.2) is 0 Å². The maximum atomic E-state index is 15.6. The van der Waals surface area contributed by atoms with E-state index in [-0.39, 0.29) is 46.7 Å². The summed E-state index contributed by atoms with van der Waals surface area (Å²) in [6.07, 6.45) is 13.8. The molecule has 4 aromatic carbocycles. The van der Waals surface area contributed by atoms with Crippen LogP contribution in [-0.4, -0.2) is 75.9 Å². The number of ether oxygens (including phenoxy) is 2. The number of nitrogens with two attached hydrogens (primary N) is 2. The fourth-order valence-electron chi connectivity index (χ4n) is 11.1. The molecule has 4 fully saturated rings. The summed E-state index contributed by atoms with van der Waals surface area (Å²) < 4.78 is 46.9. The van der Waals surface area contributed by atoms with Crippen molar-refractivity contribution in [2.75, 3.05) is 24.6 Å². The van der Waals surface area contributed by atoms with Crippen LogP contribution >= 0.6 is 0 Å². The Hall–Kier alpha value is -9.42. The Labute approximate surface area is 461 Å². The van der Waals surface area contributed by atoms with Gasteiger partial charge in [-0.2, -0.15) is 10.5 Å². The van der Waals surface area contributed by atoms with E-state index in [0.29, 0.717) is 105 Å². The summed E-state index contributed by atoms with van der Waals surface area (Å²) in [4.78, 5) is 47.6. The van der Waals surface area contributed by atoms with Crippen molar-refractivity contribution < 1.29 is 27.8 Å². The Morgan fingerprint density at radius 1 is 0.588 bits per heavy atom. The zero-order valence-corrected chi connectivity index (χ0v) is 44.4. The van der Waals surface area contributed by atoms with E-state index in [4.69, 9.17) is 20.9 Å². The van der Waals surface area contributed by atoms with Gasteiger partial charge in [-0.3, -0.25) is 9.59 Å². The molecule has 0 radical (unpaired) electrons. The molecule has 2 saturated carbocycles. The second-order valence-electron chi connectivity index (χ2n) is 20.8. The molecule has 0 unspecified atom stereocenters. The van der Waals surface area contributed by atoms with Gasteiger partial charge in [-0.25, -0.2) is 28.7 Å². The van der Waals surface area contributed by atoms with Gasteiger partial charge in [0.1, 0.15) is 93.5 Å². The second kappa shape index (κ2) is 22.5. The first-order valence-corrected chi connectivity index (χ1v) is 27.0. The van der Waals surface area contributed by atoms with Gasteiger partial charge in [0.25, 0.3) is 11.8 Å². The number of aromatic nitrogens is 6. The summed E-state index contributed by atoms with van der Waals surface area (Å²) in [5.41, 5.74) is 17.7. The van der Waals surface area contributed by atoms with E-state index >= 15 is 8.78 Å². The van der Waals surface area contributed by atoms with Crippen LogP contribution in [0.15, 0.2) is 133 Å². The lowest BCUT2D eigenvalue weighted by molar-refractivity contribution is -0.128. The maximum absolute atomic E-state index is 15.6. The highest BCUT2D eigenvalue weighted by molar-refractivity contribution is 6.04. The zero-order valence-electron chi connectivity index (χ0n) is 44.4. The van der Waals surface area contributed by atoms with E-state index in [1.807, 2.05) is 71.5 Å². The highest BCUT2D eigenvalue weighted by atomic mass is 19.1. The van der Waals surface area contributed by atoms with E-state index in [1.165, 1.54) is 24.8 Å². The number of nitriles is 2. The Morgan fingerprint density at radius 2 is 0.988 bits per heavy atom. The van der Waals surface area contributed by atoms with Crippen LogP contribution in [0.3, 0.4) is 0 Å². The smallest absolute Gasteiger partial charge is 0.264 e. The Kier molecular flexibility index (Phi) is 14.8. The van der Waals surface area contributed by atoms with Crippen LogP contribution in [0.5, 0.6) is 23.0 Å². The van der Waals surface area contributed by atoms with E-state index < -0.39 is 11.6 Å². The molecule has 12 rings (SSSR count). The number of carbonyl (C=O) groups excluding carboxylic acids is 2. The number of rotatable bonds is 14. The minimum Gasteiger partial charge on any atom is -0.457 e. The van der Waals surface area contributed by atoms with Crippen molar-refractivity contribution in [3.05, 3.63) is 156 Å². The number of halogens is 2. The van der Waals surface area contributed by atoms with E-state index in [2.05, 4.69) is 32.1 Å². The summed E-state index contributed by atoms with van der Waals surface area (Å²) in [7, 11) is 0. The number of nitrogen functional groups attached to an aromatic ring is 2. The lowest BCUT2D eigenvalue weighted by atomic mass is 10.0. The topological polar surface area (TPSA) is 220 Å². The highest BCUT2D eigenvalue weighted by Crippen LogP contribution is 2.42. The molecular formula is C62H58F2N12O4. The zero-order chi connectivity index (χ0) is 55.6. The van der Waals surface area contributed by atoms with Crippen molar-refractivity contribution in [2.45, 2.75) is 90.4 Å². The summed E-state index contributed by atoms with van der Waals surface area (Å²) in [5, 5.41) is 20.4. The number of likely N-dealkylation sites (tertiary alicyclic amines) is 2. The number of nitrogens with zero attached hydrogens (tertiary/aromatic N) is 10. The van der Waals surface area contributed by atoms with E-state index in [0.717, 1.165) is 62.8 Å². The molecule has 18 heteroatoms. The van der Waals surface area contributed by atoms with Crippen molar-refractivity contribution in [1.29, 1.82) is 10.5 Å². The van der Waals surface area contributed by atoms with Crippen LogP contribution in [0.1, 0.15) is 62.8 Å². The average Bonchev–Trinajstić information content (AvgIpc) is 4.43. The Morgan fingerprint density at radius 3 is 1.35 bits per heavy atom. The van der Waals surface area contributed by atoms with Crippen LogP contribution in [-0.2, 0) is 22.7 Å². The number of hydrogen-bond donors (Lipinski definition) is 2. The number of fused-ring (bicyclic) bond motifs is 2. The van der Waals surface area contributed by atoms with Crippen molar-refractivity contribution in [2.24, 2.45) is 11.8 Å². The fourth-order valence-corrected chi connectivity index (χ4v) is 11.1. The van der Waals surface area contributed by atoms with Crippen LogP contribution in [0.4, 0.5) is 20.4 Å². The number of carbonyl (C=O) groups is 2. The lowest BCUT2D eigenvalue weighted by Gasteiger charge is -2.26. The third-order valence-electron chi connectivity index (χ3n) is 15.4. The van der Waals surface area contributed by atoms with Crippen LogP contribution in [0, 0.1) is 60.0 Å². The number of hydrogen-bond acceptors (Lipinski definition) is 12. The van der Waals surface area contributed by atoms with Crippen molar-refractivity contribution in [1.82, 2.24) is 38.9 Å². The van der Waals surface area contributed by atoms with Crippen LogP contribution in [0.2, 0.25) is 0 Å².